The van der Waals surface area contributed by atoms with Gasteiger partial charge in [-0.15, -0.1) is 0 Å². The molecule has 0 spiro atoms. The highest BCUT2D eigenvalue weighted by atomic mass is 32.2. The molecule has 1 aliphatic rings. The van der Waals surface area contributed by atoms with Crippen molar-refractivity contribution in [1.29, 1.82) is 0 Å². The van der Waals surface area contributed by atoms with Gasteiger partial charge in [0.15, 0.2) is 9.84 Å². The van der Waals surface area contributed by atoms with Crippen LogP contribution < -0.4 is 5.32 Å². The first kappa shape index (κ1) is 23.1. The van der Waals surface area contributed by atoms with Gasteiger partial charge in [0.2, 0.25) is 11.8 Å². The standard InChI is InChI=1S/C27H27N3O4S/c31-26(28-23-13-8-10-20-9-2-3-11-21(20)23)19-35(33,34)25-17-30(24-14-5-4-12-22(24)25)18-27(32)29-15-6-1-7-16-29/h2-5,8-14,17H,1,6-7,15-16,18-19H2,(H,28,31). The first-order chi connectivity index (χ1) is 16.9. The molecule has 0 unspecified atom stereocenters. The third-order valence-electron chi connectivity index (χ3n) is 6.49. The Balaban J connectivity index is 1.40. The van der Waals surface area contributed by atoms with E-state index in [4.69, 9.17) is 0 Å². The largest absolute Gasteiger partial charge is 0.341 e. The number of carbonyl (C=O) groups is 2. The molecule has 4 aromatic rings. The Morgan fingerprint density at radius 3 is 2.31 bits per heavy atom. The van der Waals surface area contributed by atoms with E-state index in [0.29, 0.717) is 16.6 Å². The van der Waals surface area contributed by atoms with E-state index in [0.717, 1.165) is 43.1 Å². The van der Waals surface area contributed by atoms with Crippen molar-refractivity contribution in [2.24, 2.45) is 0 Å². The third kappa shape index (κ3) is 4.79. The van der Waals surface area contributed by atoms with Crippen LogP contribution in [0.4, 0.5) is 5.69 Å². The number of likely N-dealkylation sites (tertiary alicyclic amines) is 1. The number of aromatic nitrogens is 1. The number of carbonyl (C=O) groups excluding carboxylic acids is 2. The zero-order valence-corrected chi connectivity index (χ0v) is 20.1. The Labute approximate surface area is 204 Å². The molecule has 180 valence electrons. The lowest BCUT2D eigenvalue weighted by Crippen LogP contribution is -2.37. The van der Waals surface area contributed by atoms with Gasteiger partial charge in [0.05, 0.1) is 4.90 Å². The van der Waals surface area contributed by atoms with E-state index in [-0.39, 0.29) is 17.3 Å². The van der Waals surface area contributed by atoms with Crippen molar-refractivity contribution in [2.75, 3.05) is 24.2 Å². The number of amides is 2. The van der Waals surface area contributed by atoms with Crippen LogP contribution in [0.1, 0.15) is 19.3 Å². The highest BCUT2D eigenvalue weighted by Crippen LogP contribution is 2.28. The van der Waals surface area contributed by atoms with Gasteiger partial charge in [-0.25, -0.2) is 8.42 Å². The van der Waals surface area contributed by atoms with Crippen LogP contribution >= 0.6 is 0 Å². The number of rotatable bonds is 6. The Bertz CT molecular complexity index is 1510. The smallest absolute Gasteiger partial charge is 0.242 e. The second-order valence-electron chi connectivity index (χ2n) is 8.91. The van der Waals surface area contributed by atoms with E-state index in [9.17, 15) is 18.0 Å². The van der Waals surface area contributed by atoms with Gasteiger partial charge in [0.1, 0.15) is 12.3 Å². The molecular weight excluding hydrogens is 462 g/mol. The lowest BCUT2D eigenvalue weighted by molar-refractivity contribution is -0.132. The van der Waals surface area contributed by atoms with Crippen molar-refractivity contribution in [2.45, 2.75) is 30.7 Å². The summed E-state index contributed by atoms with van der Waals surface area (Å²) in [4.78, 5) is 27.6. The normalized spacial score (nSPS) is 14.3. The van der Waals surface area contributed by atoms with Gasteiger partial charge in [-0.2, -0.15) is 0 Å². The summed E-state index contributed by atoms with van der Waals surface area (Å²) < 4.78 is 28.4. The summed E-state index contributed by atoms with van der Waals surface area (Å²) in [7, 11) is -3.96. The molecule has 7 nitrogen and oxygen atoms in total. The number of nitrogens with zero attached hydrogens (tertiary/aromatic N) is 2. The molecule has 2 heterocycles. The van der Waals surface area contributed by atoms with Gasteiger partial charge in [-0.3, -0.25) is 9.59 Å². The molecular formula is C27H27N3O4S. The minimum atomic E-state index is -3.96. The van der Waals surface area contributed by atoms with Crippen molar-refractivity contribution in [3.63, 3.8) is 0 Å². The van der Waals surface area contributed by atoms with E-state index in [1.165, 1.54) is 6.20 Å². The second-order valence-corrected chi connectivity index (χ2v) is 10.9. The van der Waals surface area contributed by atoms with Crippen molar-refractivity contribution in [3.8, 4) is 0 Å². The molecule has 3 aromatic carbocycles. The summed E-state index contributed by atoms with van der Waals surface area (Å²) >= 11 is 0. The molecule has 1 fully saturated rings. The van der Waals surface area contributed by atoms with Crippen molar-refractivity contribution in [3.05, 3.63) is 72.9 Å². The van der Waals surface area contributed by atoms with Gasteiger partial charge in [-0.05, 0) is 36.8 Å². The molecule has 0 bridgehead atoms. The maximum absolute atomic E-state index is 13.3. The fourth-order valence-electron chi connectivity index (χ4n) is 4.75. The average Bonchev–Trinajstić information content (AvgIpc) is 3.24. The number of fused-ring (bicyclic) bond motifs is 2. The fraction of sp³-hybridized carbons (Fsp3) is 0.259. The molecule has 5 rings (SSSR count). The maximum atomic E-state index is 13.3. The Hall–Kier alpha value is -3.65. The predicted octanol–water partition coefficient (Wildman–Crippen LogP) is 4.22. The number of benzene rings is 3. The van der Waals surface area contributed by atoms with Crippen molar-refractivity contribution >= 4 is 49.0 Å². The molecule has 1 aliphatic heterocycles. The summed E-state index contributed by atoms with van der Waals surface area (Å²) in [5.41, 5.74) is 1.23. The Morgan fingerprint density at radius 2 is 1.51 bits per heavy atom. The van der Waals surface area contributed by atoms with Gasteiger partial charge < -0.3 is 14.8 Å². The van der Waals surface area contributed by atoms with Gasteiger partial charge in [0.25, 0.3) is 0 Å². The third-order valence-corrected chi connectivity index (χ3v) is 8.12. The first-order valence-electron chi connectivity index (χ1n) is 11.8. The SMILES string of the molecule is O=C(CS(=O)(=O)c1cn(CC(=O)N2CCCCC2)c2ccccc12)Nc1cccc2ccccc12. The number of hydrogen-bond donors (Lipinski definition) is 1. The van der Waals surface area contributed by atoms with E-state index >= 15 is 0 Å². The Kier molecular flexibility index (Phi) is 6.30. The van der Waals surface area contributed by atoms with Crippen LogP contribution in [0.3, 0.4) is 0 Å². The van der Waals surface area contributed by atoms with Crippen LogP contribution in [0, 0.1) is 0 Å². The number of sulfone groups is 1. The van der Waals surface area contributed by atoms with E-state index in [2.05, 4.69) is 5.32 Å². The highest BCUT2D eigenvalue weighted by Gasteiger charge is 2.26. The second kappa shape index (κ2) is 9.54. The Morgan fingerprint density at radius 1 is 0.829 bits per heavy atom. The number of para-hydroxylation sites is 1. The number of piperidine rings is 1. The minimum absolute atomic E-state index is 0.0249. The van der Waals surface area contributed by atoms with Crippen molar-refractivity contribution < 1.29 is 18.0 Å². The van der Waals surface area contributed by atoms with Gasteiger partial charge in [0, 0.05) is 41.3 Å². The van der Waals surface area contributed by atoms with Gasteiger partial charge in [-0.1, -0.05) is 54.6 Å². The molecule has 1 saturated heterocycles. The van der Waals surface area contributed by atoms with Crippen LogP contribution in [-0.2, 0) is 26.0 Å². The molecule has 2 amide bonds. The van der Waals surface area contributed by atoms with Crippen LogP contribution in [0.15, 0.2) is 77.8 Å². The van der Waals surface area contributed by atoms with E-state index in [1.807, 2.05) is 47.4 Å². The lowest BCUT2D eigenvalue weighted by atomic mass is 10.1. The van der Waals surface area contributed by atoms with Crippen LogP contribution in [0.2, 0.25) is 0 Å². The summed E-state index contributed by atoms with van der Waals surface area (Å²) in [5.74, 6) is -1.32. The summed E-state index contributed by atoms with van der Waals surface area (Å²) in [6, 6.07) is 20.2. The molecule has 1 aromatic heterocycles. The quantitative estimate of drug-likeness (QED) is 0.439. The molecule has 0 saturated carbocycles. The van der Waals surface area contributed by atoms with E-state index < -0.39 is 21.5 Å². The summed E-state index contributed by atoms with van der Waals surface area (Å²) in [6.07, 6.45) is 4.60. The molecule has 0 radical (unpaired) electrons. The van der Waals surface area contributed by atoms with Crippen LogP contribution in [-0.4, -0.2) is 48.5 Å². The molecule has 8 heteroatoms. The lowest BCUT2D eigenvalue weighted by Gasteiger charge is -2.27. The molecule has 0 aliphatic carbocycles. The zero-order chi connectivity index (χ0) is 24.4. The first-order valence-corrected chi connectivity index (χ1v) is 13.4. The van der Waals surface area contributed by atoms with Crippen LogP contribution in [0.5, 0.6) is 0 Å². The molecule has 1 N–H and O–H groups in total. The predicted molar refractivity (Wildman–Crippen MR) is 137 cm³/mol. The number of anilines is 1. The summed E-state index contributed by atoms with van der Waals surface area (Å²) in [6.45, 7) is 1.54. The minimum Gasteiger partial charge on any atom is -0.341 e. The number of nitrogens with one attached hydrogen (secondary N) is 1. The molecule has 35 heavy (non-hydrogen) atoms. The average molecular weight is 490 g/mol. The van der Waals surface area contributed by atoms with Crippen molar-refractivity contribution in [1.82, 2.24) is 9.47 Å². The molecule has 0 atom stereocenters. The highest BCUT2D eigenvalue weighted by molar-refractivity contribution is 7.92. The van der Waals surface area contributed by atoms with Crippen LogP contribution in [0.25, 0.3) is 21.7 Å². The summed E-state index contributed by atoms with van der Waals surface area (Å²) in [5, 5.41) is 5.06. The van der Waals surface area contributed by atoms with E-state index in [1.54, 1.807) is 28.8 Å². The topological polar surface area (TPSA) is 88.5 Å². The monoisotopic (exact) mass is 489 g/mol. The fourth-order valence-corrected chi connectivity index (χ4v) is 6.12. The number of hydrogen-bond acceptors (Lipinski definition) is 4. The zero-order valence-electron chi connectivity index (χ0n) is 19.3. The van der Waals surface area contributed by atoms with Gasteiger partial charge >= 0.3 is 0 Å². The maximum Gasteiger partial charge on any atom is 0.242 e.